The molecule has 0 aliphatic carbocycles. The van der Waals surface area contributed by atoms with E-state index in [1.54, 1.807) is 6.20 Å². The number of nitrogens with two attached hydrogens (primary N) is 1. The molecule has 1 aromatic heterocycles. The monoisotopic (exact) mass is 295 g/mol. The van der Waals surface area contributed by atoms with Gasteiger partial charge in [-0.05, 0) is 25.1 Å². The topological polar surface area (TPSA) is 53.1 Å². The van der Waals surface area contributed by atoms with E-state index < -0.39 is 0 Å². The molecule has 0 amide bonds. The minimum atomic E-state index is 0.568. The highest BCUT2D eigenvalue weighted by Crippen LogP contribution is 2.26. The molecule has 4 nitrogen and oxygen atoms in total. The van der Waals surface area contributed by atoms with Gasteiger partial charge < -0.3 is 10.5 Å². The third kappa shape index (κ3) is 2.87. The summed E-state index contributed by atoms with van der Waals surface area (Å²) in [5.74, 6) is 1.55. The maximum atomic E-state index is 5.76. The quantitative estimate of drug-likeness (QED) is 0.943. The molecule has 0 saturated heterocycles. The van der Waals surface area contributed by atoms with E-state index in [0.29, 0.717) is 13.1 Å². The fourth-order valence-corrected chi connectivity index (χ4v) is 1.91. The smallest absolute Gasteiger partial charge is 0.168 e. The lowest BCUT2D eigenvalue weighted by Crippen LogP contribution is -2.12. The molecular weight excluding hydrogens is 282 g/mol. The number of rotatable bonds is 4. The first-order valence-electron chi connectivity index (χ1n) is 5.36. The van der Waals surface area contributed by atoms with Gasteiger partial charge in [0.15, 0.2) is 5.75 Å². The summed E-state index contributed by atoms with van der Waals surface area (Å²) in [4.78, 5) is 0. The Balaban J connectivity index is 2.19. The van der Waals surface area contributed by atoms with E-state index in [4.69, 9.17) is 10.5 Å². The molecule has 2 aromatic rings. The highest BCUT2D eigenvalue weighted by atomic mass is 79.9. The van der Waals surface area contributed by atoms with Crippen LogP contribution in [-0.4, -0.2) is 16.3 Å². The van der Waals surface area contributed by atoms with Crippen molar-refractivity contribution in [1.29, 1.82) is 0 Å². The van der Waals surface area contributed by atoms with Gasteiger partial charge in [0, 0.05) is 11.0 Å². The Labute approximate surface area is 109 Å². The Morgan fingerprint density at radius 1 is 1.47 bits per heavy atom. The average molecular weight is 296 g/mol. The van der Waals surface area contributed by atoms with Crippen LogP contribution >= 0.6 is 15.9 Å². The molecule has 0 fully saturated rings. The van der Waals surface area contributed by atoms with Crippen LogP contribution in [0.3, 0.4) is 0 Å². The van der Waals surface area contributed by atoms with Crippen molar-refractivity contribution >= 4 is 15.9 Å². The molecule has 0 aliphatic rings. The Kier molecular flexibility index (Phi) is 3.81. The molecule has 0 spiro atoms. The molecule has 0 unspecified atom stereocenters. The third-order valence-corrected chi connectivity index (χ3v) is 2.92. The van der Waals surface area contributed by atoms with Gasteiger partial charge in [-0.3, -0.25) is 4.68 Å². The summed E-state index contributed by atoms with van der Waals surface area (Å²) < 4.78 is 8.59. The van der Waals surface area contributed by atoms with Crippen molar-refractivity contribution in [3.05, 3.63) is 40.6 Å². The fraction of sp³-hybridized carbons (Fsp3) is 0.250. The van der Waals surface area contributed by atoms with Crippen molar-refractivity contribution in [2.24, 2.45) is 5.73 Å². The molecule has 5 heteroatoms. The highest BCUT2D eigenvalue weighted by molar-refractivity contribution is 9.10. The molecule has 2 N–H and O–H groups in total. The lowest BCUT2D eigenvalue weighted by Gasteiger charge is -2.06. The molecule has 2 rings (SSSR count). The van der Waals surface area contributed by atoms with Crippen LogP contribution in [0.25, 0.3) is 0 Å². The predicted octanol–water partition coefficient (Wildman–Crippen LogP) is 2.71. The van der Waals surface area contributed by atoms with Gasteiger partial charge in [-0.25, -0.2) is 0 Å². The minimum absolute atomic E-state index is 0.568. The summed E-state index contributed by atoms with van der Waals surface area (Å²) in [6.07, 6.45) is 1.71. The van der Waals surface area contributed by atoms with Crippen LogP contribution in [0.1, 0.15) is 5.69 Å². The van der Waals surface area contributed by atoms with Gasteiger partial charge in [-0.1, -0.05) is 22.0 Å². The lowest BCUT2D eigenvalue weighted by atomic mass is 10.3. The Bertz CT molecular complexity index is 510. The van der Waals surface area contributed by atoms with E-state index in [1.807, 2.05) is 35.9 Å². The zero-order valence-electron chi connectivity index (χ0n) is 9.56. The van der Waals surface area contributed by atoms with Crippen LogP contribution in [0.5, 0.6) is 11.5 Å². The zero-order chi connectivity index (χ0) is 12.3. The molecule has 1 heterocycles. The molecule has 0 bridgehead atoms. The number of benzene rings is 1. The molecule has 0 atom stereocenters. The van der Waals surface area contributed by atoms with Gasteiger partial charge >= 0.3 is 0 Å². The summed E-state index contributed by atoms with van der Waals surface area (Å²) in [5.41, 5.74) is 6.49. The van der Waals surface area contributed by atoms with Gasteiger partial charge in [0.2, 0.25) is 0 Å². The molecule has 90 valence electrons. The summed E-state index contributed by atoms with van der Waals surface area (Å²) in [6, 6.07) is 7.71. The maximum Gasteiger partial charge on any atom is 0.168 e. The van der Waals surface area contributed by atoms with Crippen molar-refractivity contribution in [2.75, 3.05) is 6.54 Å². The molecule has 1 aromatic carbocycles. The van der Waals surface area contributed by atoms with Crippen molar-refractivity contribution in [1.82, 2.24) is 9.78 Å². The van der Waals surface area contributed by atoms with Gasteiger partial charge in [0.1, 0.15) is 5.75 Å². The van der Waals surface area contributed by atoms with E-state index in [2.05, 4.69) is 21.0 Å². The summed E-state index contributed by atoms with van der Waals surface area (Å²) >= 11 is 3.41. The van der Waals surface area contributed by atoms with E-state index in [9.17, 15) is 0 Å². The Morgan fingerprint density at radius 3 is 3.00 bits per heavy atom. The second kappa shape index (κ2) is 5.33. The number of hydrogen-bond acceptors (Lipinski definition) is 3. The number of halogens is 1. The normalized spacial score (nSPS) is 10.5. The zero-order valence-corrected chi connectivity index (χ0v) is 11.1. The second-order valence-electron chi connectivity index (χ2n) is 3.67. The van der Waals surface area contributed by atoms with E-state index in [0.717, 1.165) is 21.7 Å². The molecule has 0 saturated carbocycles. The molecule has 0 aliphatic heterocycles. The van der Waals surface area contributed by atoms with Crippen LogP contribution in [0.4, 0.5) is 0 Å². The van der Waals surface area contributed by atoms with Gasteiger partial charge in [0.05, 0.1) is 18.4 Å². The van der Waals surface area contributed by atoms with Gasteiger partial charge in [0.25, 0.3) is 0 Å². The van der Waals surface area contributed by atoms with Crippen LogP contribution in [0.2, 0.25) is 0 Å². The SMILES string of the molecule is Cc1c(Oc2cccc(Br)c2)cnn1CCN. The first kappa shape index (κ1) is 12.1. The second-order valence-corrected chi connectivity index (χ2v) is 4.58. The number of nitrogens with zero attached hydrogens (tertiary/aromatic N) is 2. The van der Waals surface area contributed by atoms with Crippen molar-refractivity contribution in [3.8, 4) is 11.5 Å². The van der Waals surface area contributed by atoms with Crippen LogP contribution in [0.15, 0.2) is 34.9 Å². The summed E-state index contributed by atoms with van der Waals surface area (Å²) in [5, 5.41) is 4.22. The van der Waals surface area contributed by atoms with Crippen LogP contribution < -0.4 is 10.5 Å². The Hall–Kier alpha value is -1.33. The number of hydrogen-bond donors (Lipinski definition) is 1. The fourth-order valence-electron chi connectivity index (χ4n) is 1.53. The molecule has 0 radical (unpaired) electrons. The summed E-state index contributed by atoms with van der Waals surface area (Å²) in [7, 11) is 0. The van der Waals surface area contributed by atoms with Crippen LogP contribution in [-0.2, 0) is 6.54 Å². The van der Waals surface area contributed by atoms with Gasteiger partial charge in [-0.2, -0.15) is 5.10 Å². The highest BCUT2D eigenvalue weighted by Gasteiger charge is 2.07. The van der Waals surface area contributed by atoms with Gasteiger partial charge in [-0.15, -0.1) is 0 Å². The average Bonchev–Trinajstić information content (AvgIpc) is 2.62. The summed E-state index contributed by atoms with van der Waals surface area (Å²) in [6.45, 7) is 3.24. The van der Waals surface area contributed by atoms with Crippen molar-refractivity contribution < 1.29 is 4.74 Å². The third-order valence-electron chi connectivity index (χ3n) is 2.42. The largest absolute Gasteiger partial charge is 0.454 e. The molecular formula is C12H14BrN3O. The predicted molar refractivity (Wildman–Crippen MR) is 70.2 cm³/mol. The lowest BCUT2D eigenvalue weighted by molar-refractivity contribution is 0.475. The van der Waals surface area contributed by atoms with E-state index >= 15 is 0 Å². The maximum absolute atomic E-state index is 5.76. The standard InChI is InChI=1S/C12H14BrN3O/c1-9-12(8-15-16(9)6-5-14)17-11-4-2-3-10(13)7-11/h2-4,7-8H,5-6,14H2,1H3. The van der Waals surface area contributed by atoms with E-state index in [-0.39, 0.29) is 0 Å². The van der Waals surface area contributed by atoms with Crippen molar-refractivity contribution in [2.45, 2.75) is 13.5 Å². The van der Waals surface area contributed by atoms with E-state index in [1.165, 1.54) is 0 Å². The van der Waals surface area contributed by atoms with Crippen molar-refractivity contribution in [3.63, 3.8) is 0 Å². The Morgan fingerprint density at radius 2 is 2.29 bits per heavy atom. The molecule has 17 heavy (non-hydrogen) atoms. The van der Waals surface area contributed by atoms with Crippen LogP contribution in [0, 0.1) is 6.92 Å². The first-order valence-corrected chi connectivity index (χ1v) is 6.16. The number of ether oxygens (including phenoxy) is 1. The minimum Gasteiger partial charge on any atom is -0.454 e. The number of aromatic nitrogens is 2. The first-order chi connectivity index (χ1) is 8.20.